The third kappa shape index (κ3) is 50.4. The fraction of sp³-hybridized carbons (Fsp3) is 0.259. The Hall–Kier alpha value is -13.2. The maximum atomic E-state index is 10.5. The van der Waals surface area contributed by atoms with Crippen LogP contribution < -0.4 is 5.73 Å². The van der Waals surface area contributed by atoms with Gasteiger partial charge < -0.3 is 15.9 Å². The second-order valence-electron chi connectivity index (χ2n) is 30.7. The van der Waals surface area contributed by atoms with E-state index in [1.165, 1.54) is 129 Å². The average Bonchev–Trinajstić information content (AvgIpc) is 0.891. The summed E-state index contributed by atoms with van der Waals surface area (Å²) in [7, 11) is 0. The third-order valence-corrected chi connectivity index (χ3v) is 20.3. The van der Waals surface area contributed by atoms with Gasteiger partial charge in [-0.3, -0.25) is 19.7 Å². The molecule has 4 aliphatic carbocycles. The van der Waals surface area contributed by atoms with Crippen molar-refractivity contribution in [2.45, 2.75) is 193 Å². The van der Waals surface area contributed by atoms with E-state index in [-0.39, 0.29) is 17.6 Å². The van der Waals surface area contributed by atoms with Crippen molar-refractivity contribution < 1.29 is 24.7 Å². The molecule has 2 saturated carbocycles. The van der Waals surface area contributed by atoms with E-state index in [9.17, 15) is 29.9 Å². The van der Waals surface area contributed by atoms with Crippen molar-refractivity contribution >= 4 is 46.7 Å². The van der Waals surface area contributed by atoms with Gasteiger partial charge in [0.25, 0.3) is 5.69 Å². The van der Waals surface area contributed by atoms with E-state index in [1.54, 1.807) is 41.5 Å². The molecule has 0 heterocycles. The minimum Gasteiger partial charge on any atom is -0.399 e. The van der Waals surface area contributed by atoms with Gasteiger partial charge in [0.2, 0.25) is 0 Å². The van der Waals surface area contributed by atoms with Crippen LogP contribution in [0, 0.1) is 46.6 Å². The molecule has 652 valence electrons. The number of hydrogen-bond donors (Lipinski definition) is 3. The van der Waals surface area contributed by atoms with E-state index in [2.05, 4.69) is 140 Å². The number of carbonyl (C=O) groups excluding carboxylic acids is 2. The molecule has 126 heavy (non-hydrogen) atoms. The van der Waals surface area contributed by atoms with Crippen LogP contribution in [0.4, 0.5) is 11.4 Å². The van der Waals surface area contributed by atoms with Crippen LogP contribution in [0.25, 0.3) is 23.8 Å². The van der Waals surface area contributed by atoms with Gasteiger partial charge in [-0.2, -0.15) is 10.5 Å². The number of carbonyl (C=O) groups is 2. The lowest BCUT2D eigenvalue weighted by atomic mass is 9.84. The number of nitro benzene ring substituents is 1. The van der Waals surface area contributed by atoms with Crippen molar-refractivity contribution in [1.82, 2.24) is 0 Å². The Morgan fingerprint density at radius 3 is 1.30 bits per heavy atom. The summed E-state index contributed by atoms with van der Waals surface area (Å²) < 4.78 is 0. The SMILES string of the molecule is C/C=C/c1ccccc1.C1=C(c2ccccc2)CCCC1.CCCc1ccccc1.Cc1ccc(N)cc1.Cc1ccc([N+](=O)[O-])cc1.N#C/C=C/c1ccccc1.N#CCCc1ccccc1.O=C1C=CCCC1.O=C1CCCCC1.OC(/C=C/c1ccccc1)c1ccccc1.OC(CCc1ccccc1)c1ccccc1.c1ccc(C2CCCCC2)cc1. The van der Waals surface area contributed by atoms with Crippen LogP contribution in [0.5, 0.6) is 0 Å². The second-order valence-corrected chi connectivity index (χ2v) is 30.7. The number of nitrogens with two attached hydrogens (primary N) is 1. The topological polar surface area (TPSA) is 191 Å². The minimum absolute atomic E-state index is 0.144. The van der Waals surface area contributed by atoms with E-state index < -0.39 is 11.0 Å². The van der Waals surface area contributed by atoms with Crippen molar-refractivity contribution in [3.8, 4) is 12.1 Å². The number of anilines is 1. The second kappa shape index (κ2) is 68.2. The molecule has 0 radical (unpaired) electrons. The van der Waals surface area contributed by atoms with E-state index in [1.807, 2.05) is 257 Å². The summed E-state index contributed by atoms with van der Waals surface area (Å²) in [6, 6.07) is 120. The first kappa shape index (κ1) is 103. The first-order valence-electron chi connectivity index (χ1n) is 44.7. The van der Waals surface area contributed by atoms with E-state index in [0.29, 0.717) is 12.2 Å². The molecule has 0 amide bonds. The number of aliphatic hydroxyl groups is 2. The Balaban J connectivity index is 0.000000246. The van der Waals surface area contributed by atoms with Crippen LogP contribution in [-0.2, 0) is 28.9 Å². The molecule has 4 aliphatic rings. The lowest BCUT2D eigenvalue weighted by Crippen LogP contribution is -2.03. The molecular weight excluding hydrogens is 1550 g/mol. The largest absolute Gasteiger partial charge is 0.399 e. The average molecular weight is 1680 g/mol. The molecule has 4 N–H and O–H groups in total. The Morgan fingerprint density at radius 1 is 0.460 bits per heavy atom. The monoisotopic (exact) mass is 1680 g/mol. The number of aliphatic hydroxyl groups excluding tert-OH is 2. The van der Waals surface area contributed by atoms with Crippen LogP contribution >= 0.6 is 0 Å². The molecule has 10 heteroatoms. The van der Waals surface area contributed by atoms with Gasteiger partial charge in [0.15, 0.2) is 5.78 Å². The van der Waals surface area contributed by atoms with Crippen LogP contribution in [0.3, 0.4) is 0 Å². The van der Waals surface area contributed by atoms with Gasteiger partial charge in [0, 0.05) is 49.6 Å². The standard InChI is InChI=1S/C15H16O.C15H14O.C12H16.C12H14.C9H9N.C9H7N.C9H12.C9H10.C7H7NO2.C7H9N.C6H10O.C6H8O/c2*16-15(14-9-5-2-6-10-14)12-11-13-7-3-1-4-8-13;2*1-3-7-11(8-4-1)12-9-5-2-6-10-12;2*10-8-4-7-9-5-2-1-3-6-9;2*1-2-6-9-7-4-3-5-8-9;1-6-2-4-7(5-3-6)8(9)10;1-6-2-4-7(8)5-3-6;2*7-6-4-2-1-3-5-6/h1-10,15-16H,11-12H2;1-12,15-16H;1,3-4,7-8,12H,2,5-6,9-10H2;1,3-4,7-9H,2,5-6,10H2;1-3,5-6H,4,7H2;1-7H;3-5,7-8H,2,6H2,1H3;2-8H,1H3;2-5H,1H3;2-5H,8H2,1H3;1-5H2;2,4H,1,3,5H2/b;12-11+;;;;7-4+;;6-2+;;;;. The highest BCUT2D eigenvalue weighted by molar-refractivity contribution is 5.90. The molecule has 12 aromatic rings. The van der Waals surface area contributed by atoms with Gasteiger partial charge in [-0.1, -0.05) is 414 Å². The fourth-order valence-electron chi connectivity index (χ4n) is 13.3. The first-order chi connectivity index (χ1) is 61.7. The maximum absolute atomic E-state index is 10.5. The van der Waals surface area contributed by atoms with Gasteiger partial charge in [0.1, 0.15) is 5.78 Å². The zero-order valence-electron chi connectivity index (χ0n) is 74.6. The Labute approximate surface area is 753 Å². The smallest absolute Gasteiger partial charge is 0.269 e. The number of benzene rings is 12. The molecule has 0 spiro atoms. The molecule has 0 aliphatic heterocycles. The summed E-state index contributed by atoms with van der Waals surface area (Å²) in [6.45, 7) is 8.16. The number of nitrogen functional groups attached to an aromatic ring is 1. The van der Waals surface area contributed by atoms with E-state index in [0.717, 1.165) is 104 Å². The van der Waals surface area contributed by atoms with Crippen molar-refractivity contribution in [3.05, 3.63) is 465 Å². The predicted octanol–water partition coefficient (Wildman–Crippen LogP) is 30.2. The molecule has 2 atom stereocenters. The summed E-state index contributed by atoms with van der Waals surface area (Å²) in [5, 5.41) is 46.5. The molecule has 0 aromatic heterocycles. The number of aryl methyl sites for hydroxylation is 5. The zero-order chi connectivity index (χ0) is 90.2. The van der Waals surface area contributed by atoms with Gasteiger partial charge >= 0.3 is 0 Å². The van der Waals surface area contributed by atoms with Crippen LogP contribution in [0.2, 0.25) is 0 Å². The van der Waals surface area contributed by atoms with Crippen molar-refractivity contribution in [3.63, 3.8) is 0 Å². The quantitative estimate of drug-likeness (QED) is 0.0366. The highest BCUT2D eigenvalue weighted by Gasteiger charge is 2.15. The number of rotatable bonds is 16. The van der Waals surface area contributed by atoms with Crippen molar-refractivity contribution in [1.29, 1.82) is 10.5 Å². The molecule has 12 aromatic carbocycles. The molecule has 16 rings (SSSR count). The number of nitro groups is 1. The number of nitrogens with zero attached hydrogens (tertiary/aromatic N) is 3. The lowest BCUT2D eigenvalue weighted by Gasteiger charge is -2.21. The first-order valence-corrected chi connectivity index (χ1v) is 44.7. The summed E-state index contributed by atoms with van der Waals surface area (Å²) in [5.41, 5.74) is 22.5. The molecule has 0 bridgehead atoms. The van der Waals surface area contributed by atoms with Crippen molar-refractivity contribution in [2.75, 3.05) is 5.73 Å². The molecule has 0 saturated heterocycles. The number of ketones is 2. The summed E-state index contributed by atoms with van der Waals surface area (Å²) in [5.74, 6) is 1.61. The molecular formula is C116H132N4O6. The number of nitriles is 2. The van der Waals surface area contributed by atoms with E-state index >= 15 is 0 Å². The maximum Gasteiger partial charge on any atom is 0.269 e. The summed E-state index contributed by atoms with van der Waals surface area (Å²) >= 11 is 0. The Bertz CT molecular complexity index is 4960. The summed E-state index contributed by atoms with van der Waals surface area (Å²) in [4.78, 5) is 30.6. The Kier molecular flexibility index (Phi) is 56.0. The Morgan fingerprint density at radius 2 is 0.889 bits per heavy atom. The highest BCUT2D eigenvalue weighted by atomic mass is 16.6. The predicted molar refractivity (Wildman–Crippen MR) is 531 cm³/mol. The zero-order valence-corrected chi connectivity index (χ0v) is 74.6. The van der Waals surface area contributed by atoms with Gasteiger partial charge in [0.05, 0.1) is 29.3 Å². The summed E-state index contributed by atoms with van der Waals surface area (Å²) in [6.07, 6.45) is 42.3. The molecule has 10 nitrogen and oxygen atoms in total. The highest BCUT2D eigenvalue weighted by Crippen LogP contribution is 2.32. The number of hydrogen-bond acceptors (Lipinski definition) is 9. The van der Waals surface area contributed by atoms with Gasteiger partial charge in [-0.15, -0.1) is 0 Å². The third-order valence-electron chi connectivity index (χ3n) is 20.3. The van der Waals surface area contributed by atoms with Crippen LogP contribution in [0.1, 0.15) is 227 Å². The van der Waals surface area contributed by atoms with Crippen LogP contribution in [-0.4, -0.2) is 26.7 Å². The van der Waals surface area contributed by atoms with Crippen molar-refractivity contribution in [2.24, 2.45) is 0 Å². The van der Waals surface area contributed by atoms with Gasteiger partial charge in [-0.05, 0) is 202 Å². The minimum atomic E-state index is -0.540. The number of allylic oxidation sites excluding steroid dienone is 6. The molecule has 2 fully saturated rings. The fourth-order valence-corrected chi connectivity index (χ4v) is 13.3. The molecule has 2 unspecified atom stereocenters. The van der Waals surface area contributed by atoms with E-state index in [4.69, 9.17) is 16.3 Å². The normalized spacial score (nSPS) is 13.2. The number of non-ortho nitro benzene ring substituents is 1. The van der Waals surface area contributed by atoms with Gasteiger partial charge in [-0.25, -0.2) is 0 Å². The van der Waals surface area contributed by atoms with Crippen LogP contribution in [0.15, 0.2) is 388 Å². The lowest BCUT2D eigenvalue weighted by molar-refractivity contribution is -0.384. The number of Topliss-reactive ketones (excluding diaryl/α,β-unsaturated/α-hetero) is 1.